The van der Waals surface area contributed by atoms with Gasteiger partial charge in [-0.05, 0) is 80.1 Å². The van der Waals surface area contributed by atoms with Crippen LogP contribution in [-0.4, -0.2) is 32.3 Å². The van der Waals surface area contributed by atoms with Gasteiger partial charge in [0.1, 0.15) is 0 Å². The number of hydrogen-bond donors (Lipinski definition) is 1. The van der Waals surface area contributed by atoms with Gasteiger partial charge in [0.15, 0.2) is 0 Å². The van der Waals surface area contributed by atoms with Gasteiger partial charge in [-0.3, -0.25) is 9.52 Å². The SMILES string of the molecule is CC1CCC(N(C)C(=O)c2ccc(NS(=O)(=O)c3ccc(Br)cc3)cc2)CC1. The summed E-state index contributed by atoms with van der Waals surface area (Å²) < 4.78 is 28.3. The molecule has 0 aliphatic heterocycles. The molecule has 2 aromatic rings. The summed E-state index contributed by atoms with van der Waals surface area (Å²) in [6.07, 6.45) is 4.38. The molecular formula is C21H25BrN2O3S. The third kappa shape index (κ3) is 4.94. The monoisotopic (exact) mass is 464 g/mol. The van der Waals surface area contributed by atoms with E-state index in [9.17, 15) is 13.2 Å². The first kappa shape index (κ1) is 20.9. The Kier molecular flexibility index (Phi) is 6.45. The van der Waals surface area contributed by atoms with Crippen molar-refractivity contribution >= 4 is 37.5 Å². The fraction of sp³-hybridized carbons (Fsp3) is 0.381. The van der Waals surface area contributed by atoms with E-state index < -0.39 is 10.0 Å². The molecule has 1 amide bonds. The smallest absolute Gasteiger partial charge is 0.261 e. The van der Waals surface area contributed by atoms with Gasteiger partial charge in [0.05, 0.1) is 4.90 Å². The Labute approximate surface area is 175 Å². The summed E-state index contributed by atoms with van der Waals surface area (Å²) in [5.74, 6) is 0.708. The molecule has 1 fully saturated rings. The van der Waals surface area contributed by atoms with Crippen LogP contribution < -0.4 is 4.72 Å². The van der Waals surface area contributed by atoms with E-state index in [2.05, 4.69) is 27.6 Å². The highest BCUT2D eigenvalue weighted by atomic mass is 79.9. The van der Waals surface area contributed by atoms with Crippen molar-refractivity contribution in [2.45, 2.75) is 43.5 Å². The molecule has 150 valence electrons. The number of carbonyl (C=O) groups excluding carboxylic acids is 1. The molecule has 1 aliphatic carbocycles. The number of nitrogens with zero attached hydrogens (tertiary/aromatic N) is 1. The lowest BCUT2D eigenvalue weighted by molar-refractivity contribution is 0.0679. The first-order valence-corrected chi connectivity index (χ1v) is 11.7. The van der Waals surface area contributed by atoms with Gasteiger partial charge in [0, 0.05) is 28.8 Å². The highest BCUT2D eigenvalue weighted by molar-refractivity contribution is 9.10. The van der Waals surface area contributed by atoms with Gasteiger partial charge in [-0.2, -0.15) is 0 Å². The Morgan fingerprint density at radius 1 is 1.00 bits per heavy atom. The van der Waals surface area contributed by atoms with E-state index in [0.29, 0.717) is 11.3 Å². The summed E-state index contributed by atoms with van der Waals surface area (Å²) in [6.45, 7) is 2.26. The van der Waals surface area contributed by atoms with Crippen molar-refractivity contribution < 1.29 is 13.2 Å². The maximum absolute atomic E-state index is 12.8. The number of rotatable bonds is 5. The van der Waals surface area contributed by atoms with Crippen LogP contribution in [0.1, 0.15) is 43.0 Å². The molecule has 0 heterocycles. The molecule has 1 N–H and O–H groups in total. The molecule has 0 unspecified atom stereocenters. The van der Waals surface area contributed by atoms with Gasteiger partial charge >= 0.3 is 0 Å². The molecule has 28 heavy (non-hydrogen) atoms. The zero-order valence-electron chi connectivity index (χ0n) is 16.1. The highest BCUT2D eigenvalue weighted by Gasteiger charge is 2.25. The number of nitrogens with one attached hydrogen (secondary N) is 1. The van der Waals surface area contributed by atoms with Crippen LogP contribution in [0.3, 0.4) is 0 Å². The Balaban J connectivity index is 1.67. The van der Waals surface area contributed by atoms with Crippen LogP contribution in [0.15, 0.2) is 57.9 Å². The first-order chi connectivity index (χ1) is 13.3. The van der Waals surface area contributed by atoms with Gasteiger partial charge in [-0.25, -0.2) is 8.42 Å². The van der Waals surface area contributed by atoms with Crippen LogP contribution in [0, 0.1) is 5.92 Å². The molecule has 1 saturated carbocycles. The standard InChI is InChI=1S/C21H25BrN2O3S/c1-15-3-11-19(12-4-15)24(2)21(25)16-5-9-18(10-6-16)23-28(26,27)20-13-7-17(22)8-14-20/h5-10,13-15,19,23H,3-4,11-12H2,1-2H3. The van der Waals surface area contributed by atoms with Crippen molar-refractivity contribution in [2.75, 3.05) is 11.8 Å². The van der Waals surface area contributed by atoms with Crippen LogP contribution in [0.2, 0.25) is 0 Å². The lowest BCUT2D eigenvalue weighted by atomic mass is 9.86. The van der Waals surface area contributed by atoms with Crippen LogP contribution in [0.5, 0.6) is 0 Å². The van der Waals surface area contributed by atoms with Gasteiger partial charge in [-0.1, -0.05) is 22.9 Å². The van der Waals surface area contributed by atoms with Crippen molar-refractivity contribution in [2.24, 2.45) is 5.92 Å². The van der Waals surface area contributed by atoms with Crippen molar-refractivity contribution in [3.63, 3.8) is 0 Å². The molecule has 0 radical (unpaired) electrons. The van der Waals surface area contributed by atoms with Crippen LogP contribution in [0.25, 0.3) is 0 Å². The number of carbonyl (C=O) groups is 1. The quantitative estimate of drug-likeness (QED) is 0.683. The summed E-state index contributed by atoms with van der Waals surface area (Å²) in [4.78, 5) is 14.8. The van der Waals surface area contributed by atoms with E-state index in [0.717, 1.165) is 36.1 Å². The van der Waals surface area contributed by atoms with Crippen LogP contribution in [0.4, 0.5) is 5.69 Å². The van der Waals surface area contributed by atoms with Gasteiger partial charge in [0.2, 0.25) is 0 Å². The topological polar surface area (TPSA) is 66.5 Å². The summed E-state index contributed by atoms with van der Waals surface area (Å²) in [6, 6.07) is 13.3. The van der Waals surface area contributed by atoms with Crippen LogP contribution >= 0.6 is 15.9 Å². The molecular weight excluding hydrogens is 440 g/mol. The highest BCUT2D eigenvalue weighted by Crippen LogP contribution is 2.27. The minimum Gasteiger partial charge on any atom is -0.339 e. The van der Waals surface area contributed by atoms with Crippen molar-refractivity contribution in [1.82, 2.24) is 4.90 Å². The molecule has 0 bridgehead atoms. The predicted octanol–water partition coefficient (Wildman–Crippen LogP) is 4.90. The maximum Gasteiger partial charge on any atom is 0.261 e. The lowest BCUT2D eigenvalue weighted by Gasteiger charge is -2.33. The fourth-order valence-corrected chi connectivity index (χ4v) is 4.83. The Morgan fingerprint density at radius 3 is 2.14 bits per heavy atom. The molecule has 1 aliphatic rings. The minimum absolute atomic E-state index is 0.0260. The van der Waals surface area contributed by atoms with Crippen LogP contribution in [-0.2, 0) is 10.0 Å². The van der Waals surface area contributed by atoms with Gasteiger partial charge in [0.25, 0.3) is 15.9 Å². The number of amides is 1. The molecule has 2 aromatic carbocycles. The Hall–Kier alpha value is -1.86. The molecule has 0 atom stereocenters. The zero-order valence-corrected chi connectivity index (χ0v) is 18.5. The summed E-state index contributed by atoms with van der Waals surface area (Å²) in [5.41, 5.74) is 0.987. The zero-order chi connectivity index (χ0) is 20.3. The molecule has 0 aromatic heterocycles. The van der Waals surface area contributed by atoms with E-state index in [-0.39, 0.29) is 16.8 Å². The third-order valence-electron chi connectivity index (χ3n) is 5.36. The number of halogens is 1. The fourth-order valence-electron chi connectivity index (χ4n) is 3.51. The van der Waals surface area contributed by atoms with E-state index in [1.165, 1.54) is 12.1 Å². The van der Waals surface area contributed by atoms with Crippen molar-refractivity contribution in [3.05, 3.63) is 58.6 Å². The Morgan fingerprint density at radius 2 is 1.57 bits per heavy atom. The van der Waals surface area contributed by atoms with E-state index in [4.69, 9.17) is 0 Å². The summed E-state index contributed by atoms with van der Waals surface area (Å²) >= 11 is 3.29. The van der Waals surface area contributed by atoms with E-state index in [1.54, 1.807) is 36.4 Å². The number of anilines is 1. The van der Waals surface area contributed by atoms with Gasteiger partial charge < -0.3 is 4.90 Å². The Bertz CT molecular complexity index is 919. The average Bonchev–Trinajstić information content (AvgIpc) is 2.68. The first-order valence-electron chi connectivity index (χ1n) is 9.42. The number of hydrogen-bond acceptors (Lipinski definition) is 3. The second kappa shape index (κ2) is 8.66. The predicted molar refractivity (Wildman–Crippen MR) is 115 cm³/mol. The second-order valence-electron chi connectivity index (χ2n) is 7.47. The second-order valence-corrected chi connectivity index (χ2v) is 10.1. The van der Waals surface area contributed by atoms with E-state index >= 15 is 0 Å². The molecule has 0 spiro atoms. The van der Waals surface area contributed by atoms with Crippen molar-refractivity contribution in [3.8, 4) is 0 Å². The molecule has 7 heteroatoms. The third-order valence-corrected chi connectivity index (χ3v) is 7.29. The molecule has 0 saturated heterocycles. The number of sulfonamides is 1. The van der Waals surface area contributed by atoms with Gasteiger partial charge in [-0.15, -0.1) is 0 Å². The van der Waals surface area contributed by atoms with Crippen molar-refractivity contribution in [1.29, 1.82) is 0 Å². The molecule has 5 nitrogen and oxygen atoms in total. The van der Waals surface area contributed by atoms with E-state index in [1.807, 2.05) is 11.9 Å². The molecule has 3 rings (SSSR count). The average molecular weight is 465 g/mol. The normalized spacial score (nSPS) is 19.8. The maximum atomic E-state index is 12.8. The minimum atomic E-state index is -3.67. The summed E-state index contributed by atoms with van der Waals surface area (Å²) in [7, 11) is -1.81. The lowest BCUT2D eigenvalue weighted by Crippen LogP contribution is -2.39. The largest absolute Gasteiger partial charge is 0.339 e. The summed E-state index contributed by atoms with van der Waals surface area (Å²) in [5, 5.41) is 0. The number of benzene rings is 2.